The summed E-state index contributed by atoms with van der Waals surface area (Å²) in [6.07, 6.45) is -0.207. The van der Waals surface area contributed by atoms with Crippen LogP contribution in [0.5, 0.6) is 5.75 Å². The molecule has 0 aliphatic heterocycles. The summed E-state index contributed by atoms with van der Waals surface area (Å²) in [5.41, 5.74) is 1.71. The molecule has 0 bridgehead atoms. The molecule has 7 heteroatoms. The summed E-state index contributed by atoms with van der Waals surface area (Å²) in [4.78, 5) is 25.6. The van der Waals surface area contributed by atoms with Crippen molar-refractivity contribution in [1.82, 2.24) is 4.90 Å². The summed E-state index contributed by atoms with van der Waals surface area (Å²) in [5, 5.41) is 11.6. The molecule has 0 saturated carbocycles. The minimum absolute atomic E-state index is 0.134. The second kappa shape index (κ2) is 10.3. The maximum absolute atomic E-state index is 12.4. The number of ether oxygens (including phenoxy) is 2. The predicted molar refractivity (Wildman–Crippen MR) is 114 cm³/mol. The van der Waals surface area contributed by atoms with Crippen LogP contribution in [0.15, 0.2) is 48.5 Å². The van der Waals surface area contributed by atoms with Crippen LogP contribution in [-0.4, -0.2) is 36.1 Å². The molecule has 30 heavy (non-hydrogen) atoms. The molecule has 0 spiro atoms. The van der Waals surface area contributed by atoms with Crippen molar-refractivity contribution in [3.05, 3.63) is 59.7 Å². The van der Waals surface area contributed by atoms with Crippen molar-refractivity contribution < 1.29 is 19.1 Å². The lowest BCUT2D eigenvalue weighted by Crippen LogP contribution is -2.38. The molecule has 0 aromatic heterocycles. The Bertz CT molecular complexity index is 911. The second-order valence-electron chi connectivity index (χ2n) is 7.81. The first kappa shape index (κ1) is 22.8. The van der Waals surface area contributed by atoms with Crippen molar-refractivity contribution in [2.75, 3.05) is 18.9 Å². The molecule has 0 fully saturated rings. The van der Waals surface area contributed by atoms with Gasteiger partial charge >= 0.3 is 6.09 Å². The average molecular weight is 409 g/mol. The first-order valence-corrected chi connectivity index (χ1v) is 9.58. The van der Waals surface area contributed by atoms with E-state index in [1.165, 1.54) is 11.9 Å². The molecule has 0 radical (unpaired) electrons. The third-order valence-corrected chi connectivity index (χ3v) is 3.98. The van der Waals surface area contributed by atoms with Gasteiger partial charge in [0.05, 0.1) is 12.5 Å². The van der Waals surface area contributed by atoms with Gasteiger partial charge < -0.3 is 19.7 Å². The molecule has 7 nitrogen and oxygen atoms in total. The summed E-state index contributed by atoms with van der Waals surface area (Å²) < 4.78 is 11.1. The fourth-order valence-electron chi connectivity index (χ4n) is 2.53. The number of hydrogen-bond donors (Lipinski definition) is 1. The van der Waals surface area contributed by atoms with Gasteiger partial charge in [0.1, 0.15) is 24.5 Å². The van der Waals surface area contributed by atoms with Gasteiger partial charge in [-0.2, -0.15) is 5.26 Å². The van der Waals surface area contributed by atoms with Crippen LogP contribution < -0.4 is 10.1 Å². The maximum atomic E-state index is 12.4. The number of para-hydroxylation sites is 1. The normalized spacial score (nSPS) is 10.6. The van der Waals surface area contributed by atoms with E-state index in [2.05, 4.69) is 11.4 Å². The van der Waals surface area contributed by atoms with Gasteiger partial charge in [0.2, 0.25) is 5.91 Å². The van der Waals surface area contributed by atoms with Gasteiger partial charge in [-0.25, -0.2) is 4.79 Å². The number of carbonyl (C=O) groups is 2. The number of nitrogens with one attached hydrogen (secondary N) is 1. The third kappa shape index (κ3) is 7.47. The molecule has 2 rings (SSSR count). The molecule has 0 aliphatic carbocycles. The van der Waals surface area contributed by atoms with Gasteiger partial charge in [0.25, 0.3) is 0 Å². The summed E-state index contributed by atoms with van der Waals surface area (Å²) in [6.45, 7) is 5.44. The first-order valence-electron chi connectivity index (χ1n) is 9.58. The minimum Gasteiger partial charge on any atom is -0.489 e. The number of hydrogen-bond acceptors (Lipinski definition) is 5. The standard InChI is InChI=1S/C23H27N3O4/c1-23(2,3)30-22(28)26(4)15-21(27)25-20-8-6-5-7-18(20)16-29-19-11-9-17(10-12-19)13-14-24/h5-12H,13,15-16H2,1-4H3,(H,25,27). The monoisotopic (exact) mass is 409 g/mol. The minimum atomic E-state index is -0.626. The van der Waals surface area contributed by atoms with E-state index >= 15 is 0 Å². The number of rotatable bonds is 7. The summed E-state index contributed by atoms with van der Waals surface area (Å²) in [5.74, 6) is 0.333. The Labute approximate surface area is 177 Å². The van der Waals surface area contributed by atoms with E-state index in [-0.39, 0.29) is 19.1 Å². The molecule has 1 N–H and O–H groups in total. The van der Waals surface area contributed by atoms with Crippen LogP contribution in [0.25, 0.3) is 0 Å². The highest BCUT2D eigenvalue weighted by molar-refractivity contribution is 5.94. The number of carbonyl (C=O) groups excluding carboxylic acids is 2. The van der Waals surface area contributed by atoms with E-state index in [1.807, 2.05) is 42.5 Å². The Hall–Kier alpha value is -3.53. The highest BCUT2D eigenvalue weighted by Crippen LogP contribution is 2.19. The zero-order chi connectivity index (χ0) is 22.1. The molecule has 0 atom stereocenters. The third-order valence-electron chi connectivity index (χ3n) is 3.98. The summed E-state index contributed by atoms with van der Waals surface area (Å²) >= 11 is 0. The molecule has 158 valence electrons. The van der Waals surface area contributed by atoms with Crippen molar-refractivity contribution >= 4 is 17.7 Å². The fourth-order valence-corrected chi connectivity index (χ4v) is 2.53. The van der Waals surface area contributed by atoms with Gasteiger partial charge in [0, 0.05) is 18.3 Å². The molecule has 2 amide bonds. The van der Waals surface area contributed by atoms with Crippen molar-refractivity contribution in [1.29, 1.82) is 5.26 Å². The highest BCUT2D eigenvalue weighted by Gasteiger charge is 2.21. The Morgan fingerprint density at radius 2 is 1.77 bits per heavy atom. The van der Waals surface area contributed by atoms with Crippen LogP contribution in [0.4, 0.5) is 10.5 Å². The zero-order valence-corrected chi connectivity index (χ0v) is 17.8. The van der Waals surface area contributed by atoms with Crippen LogP contribution >= 0.6 is 0 Å². The summed E-state index contributed by atoms with van der Waals surface area (Å²) in [7, 11) is 1.51. The number of amides is 2. The lowest BCUT2D eigenvalue weighted by atomic mass is 10.1. The number of likely N-dealkylation sites (N-methyl/N-ethyl adjacent to an activating group) is 1. The SMILES string of the molecule is CN(CC(=O)Nc1ccccc1COc1ccc(CC#N)cc1)C(=O)OC(C)(C)C. The summed E-state index contributed by atoms with van der Waals surface area (Å²) in [6, 6.07) is 16.7. The van der Waals surface area contributed by atoms with Gasteiger partial charge in [-0.05, 0) is 44.5 Å². The van der Waals surface area contributed by atoms with Crippen molar-refractivity contribution in [2.24, 2.45) is 0 Å². The van der Waals surface area contributed by atoms with Crippen LogP contribution in [-0.2, 0) is 22.6 Å². The second-order valence-corrected chi connectivity index (χ2v) is 7.81. The van der Waals surface area contributed by atoms with Crippen LogP contribution in [0.1, 0.15) is 31.9 Å². The van der Waals surface area contributed by atoms with Crippen molar-refractivity contribution in [2.45, 2.75) is 39.4 Å². The Kier molecular flexibility index (Phi) is 7.82. The number of nitriles is 1. The maximum Gasteiger partial charge on any atom is 0.410 e. The molecule has 0 aliphatic rings. The van der Waals surface area contributed by atoms with Crippen molar-refractivity contribution in [3.63, 3.8) is 0 Å². The molecule has 0 heterocycles. The van der Waals surface area contributed by atoms with E-state index in [4.69, 9.17) is 14.7 Å². The lowest BCUT2D eigenvalue weighted by molar-refractivity contribution is -0.117. The lowest BCUT2D eigenvalue weighted by Gasteiger charge is -2.24. The highest BCUT2D eigenvalue weighted by atomic mass is 16.6. The van der Waals surface area contributed by atoms with Crippen LogP contribution in [0, 0.1) is 11.3 Å². The van der Waals surface area contributed by atoms with E-state index in [0.717, 1.165) is 11.1 Å². The largest absolute Gasteiger partial charge is 0.489 e. The Morgan fingerprint density at radius 3 is 2.40 bits per heavy atom. The van der Waals surface area contributed by atoms with Gasteiger partial charge in [-0.15, -0.1) is 0 Å². The van der Waals surface area contributed by atoms with Gasteiger partial charge in [-0.3, -0.25) is 4.79 Å². The van der Waals surface area contributed by atoms with Crippen LogP contribution in [0.3, 0.4) is 0 Å². The van der Waals surface area contributed by atoms with Gasteiger partial charge in [0.15, 0.2) is 0 Å². The number of anilines is 1. The zero-order valence-electron chi connectivity index (χ0n) is 17.8. The Balaban J connectivity index is 1.95. The van der Waals surface area contributed by atoms with Crippen molar-refractivity contribution in [3.8, 4) is 11.8 Å². The molecule has 2 aromatic rings. The molecular formula is C23H27N3O4. The molecular weight excluding hydrogens is 382 g/mol. The average Bonchev–Trinajstić information content (AvgIpc) is 2.67. The topological polar surface area (TPSA) is 91.7 Å². The van der Waals surface area contributed by atoms with E-state index in [9.17, 15) is 9.59 Å². The predicted octanol–water partition coefficient (Wildman–Crippen LogP) is 4.14. The number of benzene rings is 2. The molecule has 0 saturated heterocycles. The van der Waals surface area contributed by atoms with E-state index in [0.29, 0.717) is 17.9 Å². The number of nitrogens with zero attached hydrogens (tertiary/aromatic N) is 2. The Morgan fingerprint density at radius 1 is 1.10 bits per heavy atom. The van der Waals surface area contributed by atoms with Crippen LogP contribution in [0.2, 0.25) is 0 Å². The molecule has 0 unspecified atom stereocenters. The molecule has 2 aromatic carbocycles. The van der Waals surface area contributed by atoms with Gasteiger partial charge in [-0.1, -0.05) is 30.3 Å². The quantitative estimate of drug-likeness (QED) is 0.742. The van der Waals surface area contributed by atoms with E-state index < -0.39 is 11.7 Å². The van der Waals surface area contributed by atoms with E-state index in [1.54, 1.807) is 26.8 Å². The first-order chi connectivity index (χ1) is 14.2. The fraction of sp³-hybridized carbons (Fsp3) is 0.348. The smallest absolute Gasteiger partial charge is 0.410 e.